The summed E-state index contributed by atoms with van der Waals surface area (Å²) in [7, 11) is 0. The summed E-state index contributed by atoms with van der Waals surface area (Å²) >= 11 is 1.38. The van der Waals surface area contributed by atoms with Crippen LogP contribution in [0.4, 0.5) is 19.0 Å². The van der Waals surface area contributed by atoms with Crippen LogP contribution in [0.5, 0.6) is 0 Å². The SMILES string of the molecule is Cc1nc(-c2ccccc2)c(C(=O)N2CC3CCC(C2)N3c2cc(C(F)(F)F)ccn2)s1. The zero-order chi connectivity index (χ0) is 22.5. The van der Waals surface area contributed by atoms with Gasteiger partial charge in [0.2, 0.25) is 0 Å². The fourth-order valence-corrected chi connectivity index (χ4v) is 5.60. The number of hydrogen-bond acceptors (Lipinski definition) is 5. The van der Waals surface area contributed by atoms with E-state index in [1.54, 1.807) is 0 Å². The molecule has 2 fully saturated rings. The van der Waals surface area contributed by atoms with Gasteiger partial charge in [0.05, 0.1) is 16.3 Å². The van der Waals surface area contributed by atoms with Crippen LogP contribution in [0, 0.1) is 6.92 Å². The zero-order valence-electron chi connectivity index (χ0n) is 17.3. The molecule has 1 aromatic carbocycles. The standard InChI is InChI=1S/C23H21F3N4OS/c1-14-28-20(15-5-3-2-4-6-15)21(32-14)22(31)29-12-17-7-8-18(13-29)30(17)19-11-16(9-10-27-19)23(24,25)26/h2-6,9-11,17-18H,7-8,12-13H2,1H3. The highest BCUT2D eigenvalue weighted by Crippen LogP contribution is 2.38. The normalized spacial score (nSPS) is 20.6. The number of carbonyl (C=O) groups excluding carboxylic acids is 1. The molecule has 9 heteroatoms. The molecule has 2 aliphatic rings. The molecule has 1 amide bonds. The molecule has 5 rings (SSSR count). The van der Waals surface area contributed by atoms with Gasteiger partial charge in [-0.05, 0) is 31.9 Å². The van der Waals surface area contributed by atoms with E-state index < -0.39 is 11.7 Å². The van der Waals surface area contributed by atoms with Gasteiger partial charge < -0.3 is 9.80 Å². The van der Waals surface area contributed by atoms with Crippen molar-refractivity contribution in [3.8, 4) is 11.3 Å². The molecule has 2 aliphatic heterocycles. The van der Waals surface area contributed by atoms with Gasteiger partial charge in [-0.1, -0.05) is 30.3 Å². The van der Waals surface area contributed by atoms with Crippen LogP contribution in [-0.2, 0) is 6.18 Å². The topological polar surface area (TPSA) is 49.3 Å². The van der Waals surface area contributed by atoms with Crippen molar-refractivity contribution >= 4 is 23.1 Å². The number of alkyl halides is 3. The van der Waals surface area contributed by atoms with E-state index in [9.17, 15) is 18.0 Å². The average molecular weight is 459 g/mol. The number of pyridine rings is 1. The zero-order valence-corrected chi connectivity index (χ0v) is 18.2. The lowest BCUT2D eigenvalue weighted by Gasteiger charge is -2.41. The minimum Gasteiger partial charge on any atom is -0.347 e. The molecular weight excluding hydrogens is 437 g/mol. The number of aryl methyl sites for hydroxylation is 1. The Morgan fingerprint density at radius 2 is 1.78 bits per heavy atom. The second kappa shape index (κ2) is 7.88. The Morgan fingerprint density at radius 1 is 1.09 bits per heavy atom. The van der Waals surface area contributed by atoms with E-state index in [1.807, 2.05) is 47.1 Å². The third-order valence-corrected chi connectivity index (χ3v) is 7.04. The Hall–Kier alpha value is -2.94. The Morgan fingerprint density at radius 3 is 2.44 bits per heavy atom. The molecule has 2 aromatic heterocycles. The molecular formula is C23H21F3N4OS. The van der Waals surface area contributed by atoms with E-state index in [4.69, 9.17) is 0 Å². The van der Waals surface area contributed by atoms with Gasteiger partial charge in [0.25, 0.3) is 5.91 Å². The summed E-state index contributed by atoms with van der Waals surface area (Å²) in [5, 5.41) is 0.821. The molecule has 2 unspecified atom stereocenters. The Kier molecular flexibility index (Phi) is 5.16. The maximum Gasteiger partial charge on any atom is 0.416 e. The Bertz CT molecular complexity index is 1130. The van der Waals surface area contributed by atoms with Gasteiger partial charge in [-0.25, -0.2) is 9.97 Å². The summed E-state index contributed by atoms with van der Waals surface area (Å²) < 4.78 is 39.5. The maximum absolute atomic E-state index is 13.5. The Balaban J connectivity index is 1.40. The van der Waals surface area contributed by atoms with Gasteiger partial charge in [0.1, 0.15) is 10.7 Å². The summed E-state index contributed by atoms with van der Waals surface area (Å²) in [6.07, 6.45) is -1.56. The monoisotopic (exact) mass is 458 g/mol. The number of carbonyl (C=O) groups is 1. The van der Waals surface area contributed by atoms with Crippen molar-refractivity contribution in [1.82, 2.24) is 14.9 Å². The van der Waals surface area contributed by atoms with Crippen LogP contribution in [0.3, 0.4) is 0 Å². The number of piperazine rings is 1. The van der Waals surface area contributed by atoms with E-state index in [0.29, 0.717) is 29.5 Å². The third-order valence-electron chi connectivity index (χ3n) is 6.08. The van der Waals surface area contributed by atoms with Crippen LogP contribution in [0.2, 0.25) is 0 Å². The van der Waals surface area contributed by atoms with Crippen LogP contribution < -0.4 is 4.90 Å². The van der Waals surface area contributed by atoms with Gasteiger partial charge in [-0.3, -0.25) is 4.79 Å². The van der Waals surface area contributed by atoms with E-state index in [0.717, 1.165) is 35.5 Å². The lowest BCUT2D eigenvalue weighted by Crippen LogP contribution is -2.55. The highest BCUT2D eigenvalue weighted by molar-refractivity contribution is 7.14. The molecule has 3 aromatic rings. The number of aromatic nitrogens is 2. The molecule has 4 heterocycles. The molecule has 2 saturated heterocycles. The number of anilines is 1. The van der Waals surface area contributed by atoms with Gasteiger partial charge in [0, 0.05) is 36.9 Å². The van der Waals surface area contributed by atoms with Gasteiger partial charge in [-0.2, -0.15) is 13.2 Å². The summed E-state index contributed by atoms with van der Waals surface area (Å²) in [6.45, 7) is 2.80. The first-order chi connectivity index (χ1) is 15.3. The van der Waals surface area contributed by atoms with E-state index in [2.05, 4.69) is 9.97 Å². The van der Waals surface area contributed by atoms with Gasteiger partial charge in [0.15, 0.2) is 0 Å². The largest absolute Gasteiger partial charge is 0.416 e. The van der Waals surface area contributed by atoms with E-state index >= 15 is 0 Å². The summed E-state index contributed by atoms with van der Waals surface area (Å²) in [5.41, 5.74) is 0.885. The van der Waals surface area contributed by atoms with Crippen molar-refractivity contribution in [1.29, 1.82) is 0 Å². The second-order valence-electron chi connectivity index (χ2n) is 8.18. The highest BCUT2D eigenvalue weighted by atomic mass is 32.1. The smallest absolute Gasteiger partial charge is 0.347 e. The van der Waals surface area contributed by atoms with Crippen LogP contribution in [0.25, 0.3) is 11.3 Å². The average Bonchev–Trinajstić information content (AvgIpc) is 3.30. The Labute approximate surface area is 187 Å². The molecule has 2 atom stereocenters. The maximum atomic E-state index is 13.5. The number of amides is 1. The van der Waals surface area contributed by atoms with Crippen molar-refractivity contribution < 1.29 is 18.0 Å². The first-order valence-electron chi connectivity index (χ1n) is 10.4. The minimum atomic E-state index is -4.41. The second-order valence-corrected chi connectivity index (χ2v) is 9.38. The number of likely N-dealkylation sites (tertiary alicyclic amines) is 1. The van der Waals surface area contributed by atoms with E-state index in [-0.39, 0.29) is 18.0 Å². The van der Waals surface area contributed by atoms with Crippen LogP contribution >= 0.6 is 11.3 Å². The van der Waals surface area contributed by atoms with Crippen molar-refractivity contribution in [3.63, 3.8) is 0 Å². The number of rotatable bonds is 3. The first kappa shape index (κ1) is 20.9. The van der Waals surface area contributed by atoms with Crippen LogP contribution in [-0.4, -0.2) is 45.9 Å². The van der Waals surface area contributed by atoms with Crippen LogP contribution in [0.15, 0.2) is 48.7 Å². The fraction of sp³-hybridized carbons (Fsp3) is 0.348. The number of fused-ring (bicyclic) bond motifs is 2. The fourth-order valence-electron chi connectivity index (χ4n) is 4.69. The van der Waals surface area contributed by atoms with Crippen molar-refractivity contribution in [3.05, 3.63) is 64.1 Å². The number of benzene rings is 1. The summed E-state index contributed by atoms with van der Waals surface area (Å²) in [4.78, 5) is 26.7. The predicted octanol–water partition coefficient (Wildman–Crippen LogP) is 5.03. The minimum absolute atomic E-state index is 0.0529. The van der Waals surface area contributed by atoms with Crippen molar-refractivity contribution in [2.24, 2.45) is 0 Å². The lowest BCUT2D eigenvalue weighted by atomic mass is 10.1. The van der Waals surface area contributed by atoms with Gasteiger partial charge >= 0.3 is 6.18 Å². The first-order valence-corrected chi connectivity index (χ1v) is 11.3. The van der Waals surface area contributed by atoms with Gasteiger partial charge in [-0.15, -0.1) is 11.3 Å². The molecule has 0 spiro atoms. The molecule has 0 N–H and O–H groups in total. The lowest BCUT2D eigenvalue weighted by molar-refractivity contribution is -0.137. The van der Waals surface area contributed by atoms with Crippen molar-refractivity contribution in [2.75, 3.05) is 18.0 Å². The molecule has 32 heavy (non-hydrogen) atoms. The third kappa shape index (κ3) is 3.74. The van der Waals surface area contributed by atoms with E-state index in [1.165, 1.54) is 17.5 Å². The molecule has 0 saturated carbocycles. The predicted molar refractivity (Wildman–Crippen MR) is 117 cm³/mol. The number of nitrogens with zero attached hydrogens (tertiary/aromatic N) is 4. The molecule has 2 bridgehead atoms. The summed E-state index contributed by atoms with van der Waals surface area (Å²) in [5.74, 6) is 0.265. The molecule has 0 aliphatic carbocycles. The highest BCUT2D eigenvalue weighted by Gasteiger charge is 2.43. The number of thiazole rings is 1. The van der Waals surface area contributed by atoms with Crippen molar-refractivity contribution in [2.45, 2.75) is 38.0 Å². The quantitative estimate of drug-likeness (QED) is 0.553. The molecule has 166 valence electrons. The number of halogens is 3. The summed E-state index contributed by atoms with van der Waals surface area (Å²) in [6, 6.07) is 11.6. The number of hydrogen-bond donors (Lipinski definition) is 0. The molecule has 5 nitrogen and oxygen atoms in total. The molecule has 0 radical (unpaired) electrons. The van der Waals surface area contributed by atoms with Crippen LogP contribution in [0.1, 0.15) is 33.1 Å².